The fourth-order valence-corrected chi connectivity index (χ4v) is 2.90. The summed E-state index contributed by atoms with van der Waals surface area (Å²) in [5, 5.41) is 13.0. The van der Waals surface area contributed by atoms with E-state index in [2.05, 4.69) is 10.3 Å². The van der Waals surface area contributed by atoms with Crippen LogP contribution in [0.5, 0.6) is 0 Å². The Morgan fingerprint density at radius 1 is 1.25 bits per heavy atom. The fraction of sp³-hybridized carbons (Fsp3) is 0.450. The van der Waals surface area contributed by atoms with Crippen LogP contribution in [0.15, 0.2) is 30.5 Å². The van der Waals surface area contributed by atoms with Gasteiger partial charge in [0.1, 0.15) is 17.7 Å². The number of hydrogen-bond donors (Lipinski definition) is 3. The molecule has 0 aliphatic carbocycles. The number of carbonyl (C=O) groups is 3. The molecule has 0 aliphatic heterocycles. The molecule has 2 rings (SSSR count). The minimum atomic E-state index is -1.12. The molecule has 3 N–H and O–H groups in total. The number of carboxylic acid groups (broad SMARTS) is 1. The molecule has 152 valence electrons. The number of rotatable bonds is 6. The van der Waals surface area contributed by atoms with E-state index < -0.39 is 35.7 Å². The van der Waals surface area contributed by atoms with Gasteiger partial charge in [-0.2, -0.15) is 0 Å². The lowest BCUT2D eigenvalue weighted by Gasteiger charge is -2.28. The van der Waals surface area contributed by atoms with Crippen LogP contribution in [0.25, 0.3) is 10.9 Å². The molecule has 0 spiro atoms. The van der Waals surface area contributed by atoms with Crippen molar-refractivity contribution in [2.75, 3.05) is 7.05 Å². The zero-order valence-electron chi connectivity index (χ0n) is 16.8. The van der Waals surface area contributed by atoms with E-state index in [0.717, 1.165) is 21.4 Å². The number of alkyl carbamates (subject to hydrolysis) is 1. The Labute approximate surface area is 163 Å². The second kappa shape index (κ2) is 8.33. The van der Waals surface area contributed by atoms with E-state index in [-0.39, 0.29) is 6.42 Å². The maximum atomic E-state index is 12.7. The van der Waals surface area contributed by atoms with Gasteiger partial charge in [-0.1, -0.05) is 18.2 Å². The number of ether oxygens (including phenoxy) is 1. The standard InChI is InChI=1S/C20H27N3O5/c1-12(22-19(27)28-20(2,3)4)17(24)23(5)16(18(25)26)10-13-11-21-15-9-7-6-8-14(13)15/h6-9,11-12,16,21H,10H2,1-5H3,(H,22,27)(H,25,26)/t12-,16+/m0/s1. The van der Waals surface area contributed by atoms with Crippen molar-refractivity contribution in [1.82, 2.24) is 15.2 Å². The lowest BCUT2D eigenvalue weighted by atomic mass is 10.0. The lowest BCUT2D eigenvalue weighted by molar-refractivity contribution is -0.149. The van der Waals surface area contributed by atoms with Crippen molar-refractivity contribution in [2.24, 2.45) is 0 Å². The molecule has 2 amide bonds. The molecule has 0 saturated heterocycles. The van der Waals surface area contributed by atoms with Crippen LogP contribution in [0.3, 0.4) is 0 Å². The van der Waals surface area contributed by atoms with Crippen molar-refractivity contribution < 1.29 is 24.2 Å². The van der Waals surface area contributed by atoms with Crippen LogP contribution in [-0.2, 0) is 20.7 Å². The lowest BCUT2D eigenvalue weighted by Crippen LogP contribution is -2.52. The van der Waals surface area contributed by atoms with Gasteiger partial charge in [0.25, 0.3) is 0 Å². The Bertz CT molecular complexity index is 868. The van der Waals surface area contributed by atoms with Crippen LogP contribution in [-0.4, -0.2) is 57.7 Å². The first-order valence-electron chi connectivity index (χ1n) is 9.03. The van der Waals surface area contributed by atoms with Gasteiger partial charge in [-0.25, -0.2) is 9.59 Å². The maximum Gasteiger partial charge on any atom is 0.408 e. The number of likely N-dealkylation sites (N-methyl/N-ethyl adjacent to an activating group) is 1. The molecule has 8 nitrogen and oxygen atoms in total. The fourth-order valence-electron chi connectivity index (χ4n) is 2.90. The smallest absolute Gasteiger partial charge is 0.408 e. The van der Waals surface area contributed by atoms with Crippen molar-refractivity contribution in [3.05, 3.63) is 36.0 Å². The summed E-state index contributed by atoms with van der Waals surface area (Å²) in [5.41, 5.74) is 1.00. The highest BCUT2D eigenvalue weighted by molar-refractivity contribution is 5.90. The zero-order chi connectivity index (χ0) is 21.1. The molecule has 0 bridgehead atoms. The average molecular weight is 389 g/mol. The van der Waals surface area contributed by atoms with Crippen LogP contribution >= 0.6 is 0 Å². The quantitative estimate of drug-likeness (QED) is 0.703. The van der Waals surface area contributed by atoms with Crippen LogP contribution in [0.2, 0.25) is 0 Å². The summed E-state index contributed by atoms with van der Waals surface area (Å²) in [6.45, 7) is 6.64. The largest absolute Gasteiger partial charge is 0.480 e. The van der Waals surface area contributed by atoms with Crippen LogP contribution in [0.1, 0.15) is 33.3 Å². The first-order chi connectivity index (χ1) is 13.0. The summed E-state index contributed by atoms with van der Waals surface area (Å²) in [7, 11) is 1.42. The highest BCUT2D eigenvalue weighted by Crippen LogP contribution is 2.20. The monoisotopic (exact) mass is 389 g/mol. The first kappa shape index (κ1) is 21.3. The van der Waals surface area contributed by atoms with E-state index in [1.807, 2.05) is 24.3 Å². The Morgan fingerprint density at radius 3 is 2.50 bits per heavy atom. The molecular weight excluding hydrogens is 362 g/mol. The van der Waals surface area contributed by atoms with Gasteiger partial charge in [0.05, 0.1) is 0 Å². The number of hydrogen-bond acceptors (Lipinski definition) is 4. The Hall–Kier alpha value is -3.03. The first-order valence-corrected chi connectivity index (χ1v) is 9.03. The van der Waals surface area contributed by atoms with E-state index in [1.165, 1.54) is 14.0 Å². The highest BCUT2D eigenvalue weighted by Gasteiger charge is 2.31. The summed E-state index contributed by atoms with van der Waals surface area (Å²) in [6.07, 6.45) is 1.16. The number of fused-ring (bicyclic) bond motifs is 1. The SMILES string of the molecule is C[C@H](NC(=O)OC(C)(C)C)C(=O)N(C)[C@H](Cc1c[nH]c2ccccc12)C(=O)O. The van der Waals surface area contributed by atoms with E-state index >= 15 is 0 Å². The van der Waals surface area contributed by atoms with Crippen LogP contribution < -0.4 is 5.32 Å². The molecule has 0 radical (unpaired) electrons. The molecule has 0 unspecified atom stereocenters. The van der Waals surface area contributed by atoms with E-state index in [4.69, 9.17) is 4.74 Å². The summed E-state index contributed by atoms with van der Waals surface area (Å²) in [5.74, 6) is -1.64. The summed E-state index contributed by atoms with van der Waals surface area (Å²) in [4.78, 5) is 40.6. The number of benzene rings is 1. The number of carbonyl (C=O) groups excluding carboxylic acids is 2. The average Bonchev–Trinajstić information content (AvgIpc) is 2.99. The number of para-hydroxylation sites is 1. The summed E-state index contributed by atoms with van der Waals surface area (Å²) >= 11 is 0. The van der Waals surface area contributed by atoms with Gasteiger partial charge in [-0.15, -0.1) is 0 Å². The number of nitrogens with one attached hydrogen (secondary N) is 2. The Morgan fingerprint density at radius 2 is 1.89 bits per heavy atom. The summed E-state index contributed by atoms with van der Waals surface area (Å²) in [6, 6.07) is 5.55. The Balaban J connectivity index is 2.11. The van der Waals surface area contributed by atoms with Gasteiger partial charge in [-0.3, -0.25) is 4.79 Å². The van der Waals surface area contributed by atoms with Crippen LogP contribution in [0, 0.1) is 0 Å². The second-order valence-electron chi connectivity index (χ2n) is 7.73. The van der Waals surface area contributed by atoms with Crippen molar-refractivity contribution in [2.45, 2.75) is 51.8 Å². The van der Waals surface area contributed by atoms with Crippen molar-refractivity contribution in [3.8, 4) is 0 Å². The van der Waals surface area contributed by atoms with E-state index in [1.54, 1.807) is 27.0 Å². The van der Waals surface area contributed by atoms with Crippen molar-refractivity contribution in [3.63, 3.8) is 0 Å². The molecule has 1 aromatic heterocycles. The van der Waals surface area contributed by atoms with Gasteiger partial charge in [0.15, 0.2) is 0 Å². The molecule has 28 heavy (non-hydrogen) atoms. The molecule has 0 fully saturated rings. The number of amides is 2. The molecule has 1 aromatic carbocycles. The highest BCUT2D eigenvalue weighted by atomic mass is 16.6. The third-order valence-corrected chi connectivity index (χ3v) is 4.29. The minimum Gasteiger partial charge on any atom is -0.480 e. The van der Waals surface area contributed by atoms with Crippen LogP contribution in [0.4, 0.5) is 4.79 Å². The number of aromatic nitrogens is 1. The maximum absolute atomic E-state index is 12.7. The van der Waals surface area contributed by atoms with Crippen molar-refractivity contribution in [1.29, 1.82) is 0 Å². The van der Waals surface area contributed by atoms with Crippen molar-refractivity contribution >= 4 is 28.9 Å². The van der Waals surface area contributed by atoms with Gasteiger partial charge in [-0.05, 0) is 39.3 Å². The molecule has 2 atom stereocenters. The topological polar surface area (TPSA) is 112 Å². The zero-order valence-corrected chi connectivity index (χ0v) is 16.8. The molecule has 8 heteroatoms. The Kier molecular flexibility index (Phi) is 6.33. The third-order valence-electron chi connectivity index (χ3n) is 4.29. The van der Waals surface area contributed by atoms with Gasteiger partial charge >= 0.3 is 12.1 Å². The predicted octanol–water partition coefficient (Wildman–Crippen LogP) is 2.54. The molecular formula is C20H27N3O5. The van der Waals surface area contributed by atoms with E-state index in [0.29, 0.717) is 0 Å². The molecule has 0 aliphatic rings. The minimum absolute atomic E-state index is 0.140. The second-order valence-corrected chi connectivity index (χ2v) is 7.73. The predicted molar refractivity (Wildman–Crippen MR) is 105 cm³/mol. The number of aliphatic carboxylic acids is 1. The summed E-state index contributed by atoms with van der Waals surface area (Å²) < 4.78 is 5.14. The number of carboxylic acids is 1. The van der Waals surface area contributed by atoms with E-state index in [9.17, 15) is 19.5 Å². The number of nitrogens with zero attached hydrogens (tertiary/aromatic N) is 1. The molecule has 1 heterocycles. The van der Waals surface area contributed by atoms with Gasteiger partial charge in [0, 0.05) is 30.6 Å². The van der Waals surface area contributed by atoms with Gasteiger partial charge < -0.3 is 25.0 Å². The molecule has 0 saturated carbocycles. The molecule has 2 aromatic rings. The van der Waals surface area contributed by atoms with Gasteiger partial charge in [0.2, 0.25) is 5.91 Å². The number of aromatic amines is 1. The normalized spacial score (nSPS) is 13.6. The number of H-pyrrole nitrogens is 1. The third kappa shape index (κ3) is 5.25.